The predicted octanol–water partition coefficient (Wildman–Crippen LogP) is 5.95. The summed E-state index contributed by atoms with van der Waals surface area (Å²) in [6.45, 7) is 5.28. The van der Waals surface area contributed by atoms with Crippen molar-refractivity contribution in [1.82, 2.24) is 0 Å². The maximum Gasteiger partial charge on any atom is 0.340 e. The molecule has 0 saturated heterocycles. The van der Waals surface area contributed by atoms with Crippen LogP contribution in [0.25, 0.3) is 5.76 Å². The minimum Gasteiger partial charge on any atom is -0.458 e. The standard InChI is InChI=1S/C28H26FNO5/c1-28(2,3)35-27(32)22-14-11-20(16-23(22)30-26(31)19-9-12-21(29)13-10-19)24-17-33-25(34-24)15-18-7-5-4-6-8-18/h4-14,16-17,25H,15H2,1-3H3,(H,30,31). The third kappa shape index (κ3) is 6.26. The number of hydrogen-bond acceptors (Lipinski definition) is 5. The highest BCUT2D eigenvalue weighted by Gasteiger charge is 2.25. The minimum absolute atomic E-state index is 0.180. The molecule has 1 heterocycles. The maximum atomic E-state index is 13.3. The fourth-order valence-electron chi connectivity index (χ4n) is 3.48. The van der Waals surface area contributed by atoms with E-state index in [1.54, 1.807) is 39.0 Å². The molecule has 0 fully saturated rings. The van der Waals surface area contributed by atoms with E-state index in [9.17, 15) is 14.0 Å². The molecule has 180 valence electrons. The second-order valence-electron chi connectivity index (χ2n) is 9.08. The lowest BCUT2D eigenvalue weighted by Crippen LogP contribution is -2.25. The summed E-state index contributed by atoms with van der Waals surface area (Å²) in [6.07, 6.45) is 1.59. The zero-order chi connectivity index (χ0) is 25.0. The number of halogens is 1. The van der Waals surface area contributed by atoms with Crippen LogP contribution >= 0.6 is 0 Å². The first-order valence-corrected chi connectivity index (χ1v) is 11.2. The van der Waals surface area contributed by atoms with Crippen LogP contribution in [0.3, 0.4) is 0 Å². The molecule has 0 radical (unpaired) electrons. The monoisotopic (exact) mass is 475 g/mol. The summed E-state index contributed by atoms with van der Waals surface area (Å²) in [5.74, 6) is -1.06. The first kappa shape index (κ1) is 24.0. The minimum atomic E-state index is -0.719. The zero-order valence-corrected chi connectivity index (χ0v) is 19.7. The number of carbonyl (C=O) groups excluding carboxylic acids is 2. The van der Waals surface area contributed by atoms with Crippen LogP contribution in [0.4, 0.5) is 10.1 Å². The first-order valence-electron chi connectivity index (χ1n) is 11.2. The zero-order valence-electron chi connectivity index (χ0n) is 19.7. The van der Waals surface area contributed by atoms with Gasteiger partial charge in [-0.25, -0.2) is 9.18 Å². The van der Waals surface area contributed by atoms with Gasteiger partial charge < -0.3 is 19.5 Å². The summed E-state index contributed by atoms with van der Waals surface area (Å²) in [5, 5.41) is 2.74. The van der Waals surface area contributed by atoms with Gasteiger partial charge in [0.15, 0.2) is 5.76 Å². The van der Waals surface area contributed by atoms with E-state index in [1.165, 1.54) is 30.5 Å². The Labute approximate surface area is 203 Å². The average Bonchev–Trinajstić information content (AvgIpc) is 3.27. The second-order valence-corrected chi connectivity index (χ2v) is 9.08. The number of benzene rings is 3. The Kier molecular flexibility index (Phi) is 6.87. The molecule has 7 heteroatoms. The van der Waals surface area contributed by atoms with Crippen molar-refractivity contribution in [2.45, 2.75) is 39.1 Å². The first-order chi connectivity index (χ1) is 16.7. The van der Waals surface area contributed by atoms with Crippen LogP contribution in [-0.2, 0) is 20.6 Å². The van der Waals surface area contributed by atoms with E-state index in [2.05, 4.69) is 5.32 Å². The van der Waals surface area contributed by atoms with Gasteiger partial charge in [-0.2, -0.15) is 0 Å². The number of carbonyl (C=O) groups is 2. The van der Waals surface area contributed by atoms with Crippen molar-refractivity contribution in [2.75, 3.05) is 5.32 Å². The molecule has 0 saturated carbocycles. The highest BCUT2D eigenvalue weighted by molar-refractivity contribution is 6.08. The summed E-state index contributed by atoms with van der Waals surface area (Å²) in [5.41, 5.74) is 1.63. The Bertz CT molecular complexity index is 1250. The molecule has 0 bridgehead atoms. The molecule has 0 aromatic heterocycles. The summed E-state index contributed by atoms with van der Waals surface area (Å²) < 4.78 is 30.4. The molecule has 0 spiro atoms. The van der Waals surface area contributed by atoms with E-state index in [-0.39, 0.29) is 16.8 Å². The van der Waals surface area contributed by atoms with Crippen LogP contribution in [0.5, 0.6) is 0 Å². The SMILES string of the molecule is CC(C)(C)OC(=O)c1ccc(C2=COC(Cc3ccccc3)O2)cc1NC(=O)c1ccc(F)cc1. The van der Waals surface area contributed by atoms with Gasteiger partial charge in [-0.1, -0.05) is 36.4 Å². The Morgan fingerprint density at radius 1 is 1.00 bits per heavy atom. The molecule has 4 rings (SSSR count). The van der Waals surface area contributed by atoms with E-state index in [0.717, 1.165) is 5.56 Å². The van der Waals surface area contributed by atoms with Crippen molar-refractivity contribution in [3.63, 3.8) is 0 Å². The van der Waals surface area contributed by atoms with Crippen LogP contribution in [0.1, 0.15) is 52.6 Å². The third-order valence-electron chi connectivity index (χ3n) is 5.11. The molecule has 35 heavy (non-hydrogen) atoms. The van der Waals surface area contributed by atoms with Crippen molar-refractivity contribution in [1.29, 1.82) is 0 Å². The van der Waals surface area contributed by atoms with Gasteiger partial charge in [0.1, 0.15) is 17.7 Å². The molecular formula is C28H26FNO5. The van der Waals surface area contributed by atoms with Gasteiger partial charge in [-0.15, -0.1) is 0 Å². The fourth-order valence-corrected chi connectivity index (χ4v) is 3.48. The molecule has 3 aromatic rings. The van der Waals surface area contributed by atoms with E-state index in [1.807, 2.05) is 30.3 Å². The van der Waals surface area contributed by atoms with Crippen molar-refractivity contribution in [3.05, 3.63) is 107 Å². The van der Waals surface area contributed by atoms with Crippen molar-refractivity contribution < 1.29 is 28.2 Å². The number of hydrogen-bond donors (Lipinski definition) is 1. The normalized spacial score (nSPS) is 15.0. The summed E-state index contributed by atoms with van der Waals surface area (Å²) in [7, 11) is 0. The molecule has 1 aliphatic heterocycles. The second kappa shape index (κ2) is 10.0. The van der Waals surface area contributed by atoms with E-state index < -0.39 is 29.6 Å². The number of nitrogens with one attached hydrogen (secondary N) is 1. The molecule has 6 nitrogen and oxygen atoms in total. The smallest absolute Gasteiger partial charge is 0.340 e. The lowest BCUT2D eigenvalue weighted by atomic mass is 10.1. The fraction of sp³-hybridized carbons (Fsp3) is 0.214. The summed E-state index contributed by atoms with van der Waals surface area (Å²) >= 11 is 0. The van der Waals surface area contributed by atoms with Gasteiger partial charge in [0.2, 0.25) is 6.29 Å². The van der Waals surface area contributed by atoms with Crippen LogP contribution in [0, 0.1) is 5.82 Å². The van der Waals surface area contributed by atoms with E-state index in [0.29, 0.717) is 17.7 Å². The molecule has 1 amide bonds. The van der Waals surface area contributed by atoms with Crippen LogP contribution in [-0.4, -0.2) is 23.8 Å². The van der Waals surface area contributed by atoms with Crippen LogP contribution < -0.4 is 5.32 Å². The lowest BCUT2D eigenvalue weighted by Gasteiger charge is -2.21. The lowest BCUT2D eigenvalue weighted by molar-refractivity contribution is -0.0136. The largest absolute Gasteiger partial charge is 0.458 e. The molecule has 1 aliphatic rings. The number of ether oxygens (including phenoxy) is 3. The topological polar surface area (TPSA) is 73.9 Å². The highest BCUT2D eigenvalue weighted by atomic mass is 19.1. The number of anilines is 1. The van der Waals surface area contributed by atoms with Crippen molar-refractivity contribution in [2.24, 2.45) is 0 Å². The predicted molar refractivity (Wildman–Crippen MR) is 130 cm³/mol. The molecular weight excluding hydrogens is 449 g/mol. The van der Waals surface area contributed by atoms with Gasteiger partial charge in [-0.05, 0) is 62.7 Å². The van der Waals surface area contributed by atoms with Gasteiger partial charge in [-0.3, -0.25) is 4.79 Å². The van der Waals surface area contributed by atoms with Gasteiger partial charge in [0.25, 0.3) is 5.91 Å². The molecule has 3 aromatic carbocycles. The third-order valence-corrected chi connectivity index (χ3v) is 5.11. The molecule has 0 aliphatic carbocycles. The number of esters is 1. The van der Waals surface area contributed by atoms with Crippen LogP contribution in [0.15, 0.2) is 79.1 Å². The average molecular weight is 476 g/mol. The summed E-state index contributed by atoms with van der Waals surface area (Å²) in [6, 6.07) is 19.8. The van der Waals surface area contributed by atoms with E-state index in [4.69, 9.17) is 14.2 Å². The highest BCUT2D eigenvalue weighted by Crippen LogP contribution is 2.30. The van der Waals surface area contributed by atoms with Gasteiger partial charge >= 0.3 is 5.97 Å². The molecule has 1 N–H and O–H groups in total. The molecule has 1 unspecified atom stereocenters. The quantitative estimate of drug-likeness (QED) is 0.446. The maximum absolute atomic E-state index is 13.3. The number of rotatable bonds is 6. The molecule has 1 atom stereocenters. The Hall–Kier alpha value is -4.13. The van der Waals surface area contributed by atoms with Gasteiger partial charge in [0.05, 0.1) is 11.3 Å². The summed E-state index contributed by atoms with van der Waals surface area (Å²) in [4.78, 5) is 25.7. The Morgan fingerprint density at radius 2 is 1.71 bits per heavy atom. The van der Waals surface area contributed by atoms with Crippen molar-refractivity contribution in [3.8, 4) is 0 Å². The van der Waals surface area contributed by atoms with Gasteiger partial charge in [0, 0.05) is 17.5 Å². The van der Waals surface area contributed by atoms with E-state index >= 15 is 0 Å². The van der Waals surface area contributed by atoms with Crippen molar-refractivity contribution >= 4 is 23.3 Å². The Balaban J connectivity index is 1.57. The number of amides is 1. The Morgan fingerprint density at radius 3 is 2.40 bits per heavy atom. The van der Waals surface area contributed by atoms with Crippen LogP contribution in [0.2, 0.25) is 0 Å².